The van der Waals surface area contributed by atoms with Crippen molar-refractivity contribution < 1.29 is 47.0 Å². The van der Waals surface area contributed by atoms with Crippen LogP contribution in [0.3, 0.4) is 0 Å². The molecule has 1 aromatic heterocycles. The first-order valence-corrected chi connectivity index (χ1v) is 16.8. The van der Waals surface area contributed by atoms with Crippen LogP contribution in [0.15, 0.2) is 72.4 Å². The topological polar surface area (TPSA) is 172 Å². The van der Waals surface area contributed by atoms with Crippen LogP contribution in [0.2, 0.25) is 10.0 Å². The minimum absolute atomic E-state index is 0.0115. The average molecular weight is 759 g/mol. The number of urea groups is 1. The second-order valence-electron chi connectivity index (χ2n) is 12.9. The number of carbonyl (C=O) groups excluding carboxylic acids is 5. The van der Waals surface area contributed by atoms with Gasteiger partial charge in [0, 0.05) is 22.7 Å². The first-order chi connectivity index (χ1) is 24.7. The Kier molecular flexibility index (Phi) is 8.78. The number of imide groups is 4. The lowest BCUT2D eigenvalue weighted by atomic mass is 9.49. The maximum Gasteiger partial charge on any atom is 0.417 e. The number of primary amides is 1. The van der Waals surface area contributed by atoms with Crippen molar-refractivity contribution in [1.29, 1.82) is 0 Å². The number of nitrogens with two attached hydrogens (primary N) is 1. The molecule has 0 bridgehead atoms. The number of para-hydroxylation sites is 1. The third-order valence-corrected chi connectivity index (χ3v) is 10.9. The molecule has 4 aliphatic rings. The molecule has 6 atom stereocenters. The van der Waals surface area contributed by atoms with Gasteiger partial charge in [0.1, 0.15) is 12.4 Å². The Morgan fingerprint density at radius 1 is 1.04 bits per heavy atom. The Morgan fingerprint density at radius 2 is 1.75 bits per heavy atom. The highest BCUT2D eigenvalue weighted by molar-refractivity contribution is 6.33. The molecule has 17 heteroatoms. The predicted molar refractivity (Wildman–Crippen MR) is 177 cm³/mol. The molecule has 0 radical (unpaired) electrons. The van der Waals surface area contributed by atoms with Crippen LogP contribution in [-0.2, 0) is 30.8 Å². The number of halogens is 5. The molecule has 4 N–H and O–H groups in total. The summed E-state index contributed by atoms with van der Waals surface area (Å²) in [6.07, 6.45) is -2.67. The second-order valence-corrected chi connectivity index (χ2v) is 13.7. The van der Waals surface area contributed by atoms with E-state index in [0.717, 1.165) is 0 Å². The van der Waals surface area contributed by atoms with E-state index in [9.17, 15) is 37.5 Å². The van der Waals surface area contributed by atoms with Gasteiger partial charge in [-0.15, -0.1) is 0 Å². The van der Waals surface area contributed by atoms with Gasteiger partial charge in [0.15, 0.2) is 5.82 Å². The number of aliphatic hydroxyl groups is 1. The number of pyridine rings is 1. The number of hydrazine groups is 1. The normalized spacial score (nSPS) is 26.9. The highest BCUT2D eigenvalue weighted by atomic mass is 35.5. The fourth-order valence-electron chi connectivity index (χ4n) is 8.35. The molecule has 2 aliphatic heterocycles. The zero-order valence-electron chi connectivity index (χ0n) is 26.8. The Labute approximate surface area is 303 Å². The number of nitrogens with one attached hydrogen (secondary N) is 1. The van der Waals surface area contributed by atoms with Crippen molar-refractivity contribution in [3.8, 4) is 5.75 Å². The zero-order chi connectivity index (χ0) is 37.3. The van der Waals surface area contributed by atoms with Crippen LogP contribution in [0.5, 0.6) is 5.75 Å². The molecule has 3 aromatic rings. The van der Waals surface area contributed by atoms with Gasteiger partial charge in [0.2, 0.25) is 11.8 Å². The number of aromatic nitrogens is 1. The van der Waals surface area contributed by atoms with Crippen LogP contribution in [0.1, 0.15) is 35.4 Å². The van der Waals surface area contributed by atoms with Gasteiger partial charge in [-0.2, -0.15) is 23.1 Å². The van der Waals surface area contributed by atoms with Gasteiger partial charge < -0.3 is 15.6 Å². The number of aliphatic hydroxyl groups excluding tert-OH is 1. The van der Waals surface area contributed by atoms with Gasteiger partial charge in [0.25, 0.3) is 11.8 Å². The van der Waals surface area contributed by atoms with Crippen LogP contribution in [-0.4, -0.2) is 62.9 Å². The van der Waals surface area contributed by atoms with Crippen molar-refractivity contribution in [2.45, 2.75) is 30.4 Å². The molecular formula is C35H28Cl2F3N5O7. The molecule has 270 valence electrons. The molecule has 6 unspecified atom stereocenters. The summed E-state index contributed by atoms with van der Waals surface area (Å²) in [4.78, 5) is 73.5. The largest absolute Gasteiger partial charge is 0.491 e. The minimum atomic E-state index is -4.77. The van der Waals surface area contributed by atoms with Gasteiger partial charge in [-0.3, -0.25) is 24.6 Å². The number of hydrogen-bond donors (Lipinski definition) is 3. The summed E-state index contributed by atoms with van der Waals surface area (Å²) in [5, 5.41) is 10.1. The maximum absolute atomic E-state index is 15.2. The summed E-state index contributed by atoms with van der Waals surface area (Å²) in [7, 11) is 0. The summed E-state index contributed by atoms with van der Waals surface area (Å²) in [6.45, 7) is -0.484. The summed E-state index contributed by atoms with van der Waals surface area (Å²) in [6, 6.07) is 12.3. The SMILES string of the molecule is NC(=O)N1C(=O)C2CC=C3C(CC4C(=O)N(Nc5ncc(C(F)(F)F)cc5Cl)C(=O)C4(c4ccc(Cl)cc4)C3c3ccccc3OCCO)C2C1=O. The number of ether oxygens (including phenoxy) is 1. The molecule has 7 rings (SSSR count). The lowest BCUT2D eigenvalue weighted by Gasteiger charge is -2.50. The van der Waals surface area contributed by atoms with Crippen molar-refractivity contribution in [2.75, 3.05) is 18.6 Å². The Balaban J connectivity index is 1.45. The molecular weight excluding hydrogens is 730 g/mol. The molecule has 0 spiro atoms. The zero-order valence-corrected chi connectivity index (χ0v) is 28.3. The maximum atomic E-state index is 15.2. The van der Waals surface area contributed by atoms with E-state index in [2.05, 4.69) is 10.4 Å². The quantitative estimate of drug-likeness (QED) is 0.225. The number of hydrogen-bond acceptors (Lipinski definition) is 9. The smallest absolute Gasteiger partial charge is 0.417 e. The van der Waals surface area contributed by atoms with Gasteiger partial charge in [-0.05, 0) is 48.6 Å². The molecule has 1 saturated carbocycles. The van der Waals surface area contributed by atoms with Crippen LogP contribution in [0.4, 0.5) is 23.8 Å². The molecule has 2 saturated heterocycles. The number of likely N-dealkylation sites (tertiary alicyclic amines) is 1. The van der Waals surface area contributed by atoms with E-state index in [1.54, 1.807) is 42.5 Å². The minimum Gasteiger partial charge on any atom is -0.491 e. The van der Waals surface area contributed by atoms with Crippen LogP contribution >= 0.6 is 23.2 Å². The number of fused-ring (bicyclic) bond motifs is 4. The molecule has 2 aliphatic carbocycles. The fourth-order valence-corrected chi connectivity index (χ4v) is 8.69. The number of rotatable bonds is 7. The van der Waals surface area contributed by atoms with Crippen LogP contribution < -0.4 is 15.9 Å². The lowest BCUT2D eigenvalue weighted by Crippen LogP contribution is -2.53. The van der Waals surface area contributed by atoms with Gasteiger partial charge in [-0.1, -0.05) is 65.2 Å². The number of carbonyl (C=O) groups is 5. The predicted octanol–water partition coefficient (Wildman–Crippen LogP) is 4.84. The van der Waals surface area contributed by atoms with Crippen molar-refractivity contribution in [3.63, 3.8) is 0 Å². The third-order valence-electron chi connectivity index (χ3n) is 10.4. The second kappa shape index (κ2) is 12.9. The Bertz CT molecular complexity index is 2060. The number of allylic oxidation sites excluding steroid dienone is 2. The van der Waals surface area contributed by atoms with Crippen molar-refractivity contribution in [1.82, 2.24) is 14.9 Å². The number of nitrogens with zero attached hydrogens (tertiary/aromatic N) is 3. The first-order valence-electron chi connectivity index (χ1n) is 16.0. The number of benzene rings is 2. The fraction of sp³-hybridized carbons (Fsp3) is 0.314. The van der Waals surface area contributed by atoms with Gasteiger partial charge >= 0.3 is 12.2 Å². The molecule has 2 aromatic carbocycles. The average Bonchev–Trinajstić information content (AvgIpc) is 3.49. The summed E-state index contributed by atoms with van der Waals surface area (Å²) in [5.74, 6) is -8.66. The number of amides is 6. The molecule has 3 fully saturated rings. The van der Waals surface area contributed by atoms with Gasteiger partial charge in [0.05, 0.1) is 40.4 Å². The summed E-state index contributed by atoms with van der Waals surface area (Å²) in [5.41, 5.74) is 6.31. The number of alkyl halides is 3. The standard InChI is InChI=1S/C35H28Cl2F3N5O7/c36-18-7-5-16(6-8-18)34-23(30(48)45(32(34)50)43-28-24(37)13-17(15-42-28)35(38,39)40)14-22-19(27(34)20-3-1-2-4-25(20)52-12-11-46)9-10-21-26(22)31(49)44(29(21)47)33(41)51/h1-9,13,15,21-23,26-27,46H,10-12,14H2,(H2,41,51)(H,42,43). The highest BCUT2D eigenvalue weighted by Gasteiger charge is 2.71. The molecule has 12 nitrogen and oxygen atoms in total. The van der Waals surface area contributed by atoms with E-state index >= 15 is 4.79 Å². The van der Waals surface area contributed by atoms with E-state index in [-0.39, 0.29) is 31.8 Å². The Morgan fingerprint density at radius 3 is 2.40 bits per heavy atom. The first kappa shape index (κ1) is 35.4. The van der Waals surface area contributed by atoms with Crippen molar-refractivity contribution in [3.05, 3.63) is 99.2 Å². The molecule has 3 heterocycles. The highest BCUT2D eigenvalue weighted by Crippen LogP contribution is 2.65. The summed E-state index contributed by atoms with van der Waals surface area (Å²) >= 11 is 12.5. The van der Waals surface area contributed by atoms with Crippen LogP contribution in [0, 0.1) is 23.7 Å². The third kappa shape index (κ3) is 5.32. The van der Waals surface area contributed by atoms with E-state index < -0.39 is 87.2 Å². The van der Waals surface area contributed by atoms with E-state index in [4.69, 9.17) is 33.7 Å². The van der Waals surface area contributed by atoms with Crippen molar-refractivity contribution >= 4 is 58.7 Å². The van der Waals surface area contributed by atoms with E-state index in [1.165, 1.54) is 12.1 Å². The monoisotopic (exact) mass is 757 g/mol. The molecule has 52 heavy (non-hydrogen) atoms. The van der Waals surface area contributed by atoms with Gasteiger partial charge in [-0.25, -0.2) is 9.78 Å². The summed E-state index contributed by atoms with van der Waals surface area (Å²) < 4.78 is 46.2. The number of anilines is 1. The lowest BCUT2D eigenvalue weighted by molar-refractivity contribution is -0.140. The van der Waals surface area contributed by atoms with Crippen LogP contribution in [0.25, 0.3) is 0 Å². The van der Waals surface area contributed by atoms with E-state index in [0.29, 0.717) is 43.9 Å². The Hall–Kier alpha value is -4.99. The van der Waals surface area contributed by atoms with E-state index in [1.807, 2.05) is 0 Å². The van der Waals surface area contributed by atoms with Crippen molar-refractivity contribution in [2.24, 2.45) is 29.4 Å². The molecule has 6 amide bonds.